The van der Waals surface area contributed by atoms with Crippen molar-refractivity contribution < 1.29 is 14.0 Å². The van der Waals surface area contributed by atoms with Crippen molar-refractivity contribution >= 4 is 34.3 Å². The highest BCUT2D eigenvalue weighted by Gasteiger charge is 2.26. The van der Waals surface area contributed by atoms with E-state index in [9.17, 15) is 14.0 Å². The van der Waals surface area contributed by atoms with Gasteiger partial charge in [-0.2, -0.15) is 0 Å². The van der Waals surface area contributed by atoms with Gasteiger partial charge in [0.05, 0.1) is 0 Å². The van der Waals surface area contributed by atoms with Gasteiger partial charge in [0.2, 0.25) is 0 Å². The summed E-state index contributed by atoms with van der Waals surface area (Å²) in [5.41, 5.74) is 1.48. The van der Waals surface area contributed by atoms with E-state index < -0.39 is 0 Å². The Balaban J connectivity index is 1.44. The average molecular weight is 386 g/mol. The summed E-state index contributed by atoms with van der Waals surface area (Å²) in [6.45, 7) is 1.71. The summed E-state index contributed by atoms with van der Waals surface area (Å²) < 4.78 is 13.8. The minimum atomic E-state index is -0.361. The second kappa shape index (κ2) is 7.04. The van der Waals surface area contributed by atoms with Gasteiger partial charge in [-0.25, -0.2) is 4.39 Å². The molecule has 0 atom stereocenters. The van der Waals surface area contributed by atoms with E-state index in [1.807, 2.05) is 0 Å². The van der Waals surface area contributed by atoms with Crippen molar-refractivity contribution in [2.75, 3.05) is 26.2 Å². The van der Waals surface area contributed by atoms with Gasteiger partial charge in [-0.3, -0.25) is 9.59 Å². The smallest absolute Gasteiger partial charge is 0.270 e. The summed E-state index contributed by atoms with van der Waals surface area (Å²) in [5.74, 6) is -0.655. The highest BCUT2D eigenvalue weighted by atomic mass is 35.5. The van der Waals surface area contributed by atoms with Crippen LogP contribution in [0.3, 0.4) is 0 Å². The molecular weight excluding hydrogens is 369 g/mol. The van der Waals surface area contributed by atoms with E-state index in [-0.39, 0.29) is 17.6 Å². The molecule has 2 heterocycles. The molecule has 4 rings (SSSR count). The van der Waals surface area contributed by atoms with Gasteiger partial charge in [0.1, 0.15) is 11.5 Å². The number of hydrogen-bond acceptors (Lipinski definition) is 2. The molecule has 2 amide bonds. The molecule has 0 spiro atoms. The van der Waals surface area contributed by atoms with E-state index in [2.05, 4.69) is 4.98 Å². The highest BCUT2D eigenvalue weighted by molar-refractivity contribution is 6.30. The lowest BCUT2D eigenvalue weighted by Gasteiger charge is -2.34. The molecule has 1 aliphatic heterocycles. The maximum atomic E-state index is 13.8. The topological polar surface area (TPSA) is 56.4 Å². The third kappa shape index (κ3) is 3.40. The average Bonchev–Trinajstić information content (AvgIpc) is 3.13. The minimum absolute atomic E-state index is 0.0997. The lowest BCUT2D eigenvalue weighted by Crippen LogP contribution is -2.50. The molecule has 1 saturated heterocycles. The van der Waals surface area contributed by atoms with E-state index in [4.69, 9.17) is 11.6 Å². The SMILES string of the molecule is O=C(c1cccc(Cl)c1)N1CCN(C(=O)c2cc3c(F)cccc3[nH]2)CC1. The fraction of sp³-hybridized carbons (Fsp3) is 0.200. The van der Waals surface area contributed by atoms with Crippen molar-refractivity contribution in [2.24, 2.45) is 0 Å². The number of rotatable bonds is 2. The second-order valence-corrected chi connectivity index (χ2v) is 6.92. The molecule has 138 valence electrons. The summed E-state index contributed by atoms with van der Waals surface area (Å²) >= 11 is 5.95. The zero-order valence-electron chi connectivity index (χ0n) is 14.4. The minimum Gasteiger partial charge on any atom is -0.350 e. The first-order chi connectivity index (χ1) is 13.0. The number of amides is 2. The molecule has 3 aromatic rings. The fourth-order valence-corrected chi connectivity index (χ4v) is 3.51. The van der Waals surface area contributed by atoms with E-state index in [1.165, 1.54) is 12.1 Å². The van der Waals surface area contributed by atoms with Crippen LogP contribution in [-0.2, 0) is 0 Å². The quantitative estimate of drug-likeness (QED) is 0.733. The molecule has 1 aromatic heterocycles. The third-order valence-electron chi connectivity index (χ3n) is 4.77. The van der Waals surface area contributed by atoms with Crippen LogP contribution in [0.1, 0.15) is 20.8 Å². The van der Waals surface area contributed by atoms with Crippen LogP contribution in [-0.4, -0.2) is 52.8 Å². The van der Waals surface area contributed by atoms with Crippen molar-refractivity contribution in [3.63, 3.8) is 0 Å². The third-order valence-corrected chi connectivity index (χ3v) is 5.00. The first-order valence-corrected chi connectivity index (χ1v) is 9.02. The molecule has 0 aliphatic carbocycles. The Kier molecular flexibility index (Phi) is 4.58. The van der Waals surface area contributed by atoms with Gasteiger partial charge in [-0.05, 0) is 36.4 Å². The predicted octanol–water partition coefficient (Wildman–Crippen LogP) is 3.56. The maximum Gasteiger partial charge on any atom is 0.270 e. The van der Waals surface area contributed by atoms with Gasteiger partial charge in [-0.15, -0.1) is 0 Å². The second-order valence-electron chi connectivity index (χ2n) is 6.48. The number of nitrogens with zero attached hydrogens (tertiary/aromatic N) is 2. The molecule has 0 radical (unpaired) electrons. The van der Waals surface area contributed by atoms with Crippen LogP contribution in [0.5, 0.6) is 0 Å². The van der Waals surface area contributed by atoms with E-state index in [1.54, 1.807) is 46.2 Å². The lowest BCUT2D eigenvalue weighted by molar-refractivity contribution is 0.0533. The van der Waals surface area contributed by atoms with Crippen LogP contribution in [0.2, 0.25) is 5.02 Å². The molecular formula is C20H17ClFN3O2. The van der Waals surface area contributed by atoms with Crippen LogP contribution in [0.25, 0.3) is 10.9 Å². The number of piperazine rings is 1. The molecule has 0 unspecified atom stereocenters. The summed E-state index contributed by atoms with van der Waals surface area (Å²) in [6.07, 6.45) is 0. The number of aromatic amines is 1. The number of fused-ring (bicyclic) bond motifs is 1. The van der Waals surface area contributed by atoms with Gasteiger partial charge < -0.3 is 14.8 Å². The molecule has 27 heavy (non-hydrogen) atoms. The van der Waals surface area contributed by atoms with Crippen LogP contribution < -0.4 is 0 Å². The predicted molar refractivity (Wildman–Crippen MR) is 102 cm³/mol. The zero-order chi connectivity index (χ0) is 19.0. The number of carbonyl (C=O) groups excluding carboxylic acids is 2. The van der Waals surface area contributed by atoms with Crippen LogP contribution in [0.15, 0.2) is 48.5 Å². The summed E-state index contributed by atoms with van der Waals surface area (Å²) in [6, 6.07) is 13.1. The maximum absolute atomic E-state index is 13.8. The van der Waals surface area contributed by atoms with Crippen LogP contribution >= 0.6 is 11.6 Å². The number of H-pyrrole nitrogens is 1. The van der Waals surface area contributed by atoms with E-state index in [0.717, 1.165) is 0 Å². The Morgan fingerprint density at radius 3 is 2.26 bits per heavy atom. The van der Waals surface area contributed by atoms with Crippen molar-refractivity contribution in [2.45, 2.75) is 0 Å². The molecule has 5 nitrogen and oxygen atoms in total. The van der Waals surface area contributed by atoms with Gasteiger partial charge in [0.15, 0.2) is 0 Å². The zero-order valence-corrected chi connectivity index (χ0v) is 15.2. The van der Waals surface area contributed by atoms with Gasteiger partial charge in [-0.1, -0.05) is 23.7 Å². The highest BCUT2D eigenvalue weighted by Crippen LogP contribution is 2.20. The lowest BCUT2D eigenvalue weighted by atomic mass is 10.1. The van der Waals surface area contributed by atoms with Crippen molar-refractivity contribution in [3.8, 4) is 0 Å². The summed E-state index contributed by atoms with van der Waals surface area (Å²) in [4.78, 5) is 31.6. The number of nitrogens with one attached hydrogen (secondary N) is 1. The Labute approximate surface area is 160 Å². The number of carbonyl (C=O) groups is 2. The number of hydrogen-bond donors (Lipinski definition) is 1. The number of benzene rings is 2. The number of halogens is 2. The van der Waals surface area contributed by atoms with Crippen molar-refractivity contribution in [1.82, 2.24) is 14.8 Å². The first kappa shape index (κ1) is 17.5. The van der Waals surface area contributed by atoms with Crippen molar-refractivity contribution in [1.29, 1.82) is 0 Å². The molecule has 0 saturated carbocycles. The Bertz CT molecular complexity index is 1020. The van der Waals surface area contributed by atoms with Gasteiger partial charge >= 0.3 is 0 Å². The molecule has 1 N–H and O–H groups in total. The molecule has 7 heteroatoms. The summed E-state index contributed by atoms with van der Waals surface area (Å²) in [5, 5.41) is 0.913. The largest absolute Gasteiger partial charge is 0.350 e. The standard InChI is InChI=1S/C20H17ClFN3O2/c21-14-4-1-3-13(11-14)19(26)24-7-9-25(10-8-24)20(27)18-12-15-16(22)5-2-6-17(15)23-18/h1-6,11-12,23H,7-10H2. The summed E-state index contributed by atoms with van der Waals surface area (Å²) in [7, 11) is 0. The Hall–Kier alpha value is -2.86. The van der Waals surface area contributed by atoms with Crippen LogP contribution in [0, 0.1) is 5.82 Å². The van der Waals surface area contributed by atoms with E-state index in [0.29, 0.717) is 53.4 Å². The van der Waals surface area contributed by atoms with Gasteiger partial charge in [0.25, 0.3) is 11.8 Å². The normalized spacial score (nSPS) is 14.6. The molecule has 2 aromatic carbocycles. The van der Waals surface area contributed by atoms with Crippen molar-refractivity contribution in [3.05, 3.63) is 70.6 Å². The monoisotopic (exact) mass is 385 g/mol. The Morgan fingerprint density at radius 1 is 0.926 bits per heavy atom. The van der Waals surface area contributed by atoms with Crippen LogP contribution in [0.4, 0.5) is 4.39 Å². The number of aromatic nitrogens is 1. The Morgan fingerprint density at radius 2 is 1.59 bits per heavy atom. The molecule has 1 fully saturated rings. The first-order valence-electron chi connectivity index (χ1n) is 8.64. The van der Waals surface area contributed by atoms with Gasteiger partial charge in [0, 0.05) is 47.7 Å². The molecule has 0 bridgehead atoms. The van der Waals surface area contributed by atoms with E-state index >= 15 is 0 Å². The fourth-order valence-electron chi connectivity index (χ4n) is 3.32. The molecule has 1 aliphatic rings.